The lowest BCUT2D eigenvalue weighted by Gasteiger charge is -2.40. The highest BCUT2D eigenvalue weighted by Crippen LogP contribution is 2.20. The molecule has 0 amide bonds. The van der Waals surface area contributed by atoms with Crippen LogP contribution in [0, 0.1) is 0 Å². The van der Waals surface area contributed by atoms with Crippen LogP contribution in [0.4, 0.5) is 0 Å². The Morgan fingerprint density at radius 3 is 2.33 bits per heavy atom. The fourth-order valence-corrected chi connectivity index (χ4v) is 3.41. The third-order valence-electron chi connectivity index (χ3n) is 4.36. The van der Waals surface area contributed by atoms with Gasteiger partial charge >= 0.3 is 0 Å². The molecule has 2 heterocycles. The topological polar surface area (TPSA) is 32.5 Å². The molecule has 0 aromatic heterocycles. The minimum Gasteiger partial charge on any atom is -0.393 e. The molecule has 18 heavy (non-hydrogen) atoms. The SMILES string of the molecule is NC(=S)CCCN1CCC(N2CCCCC2)CC1. The van der Waals surface area contributed by atoms with Crippen LogP contribution in [0.3, 0.4) is 0 Å². The van der Waals surface area contributed by atoms with E-state index < -0.39 is 0 Å². The predicted molar refractivity (Wildman–Crippen MR) is 80.9 cm³/mol. The van der Waals surface area contributed by atoms with Crippen LogP contribution in [-0.2, 0) is 0 Å². The van der Waals surface area contributed by atoms with E-state index in [1.165, 1.54) is 64.8 Å². The van der Waals surface area contributed by atoms with Crippen molar-refractivity contribution in [2.45, 2.75) is 51.0 Å². The van der Waals surface area contributed by atoms with Crippen molar-refractivity contribution in [1.82, 2.24) is 9.80 Å². The van der Waals surface area contributed by atoms with Gasteiger partial charge < -0.3 is 15.5 Å². The third-order valence-corrected chi connectivity index (χ3v) is 4.57. The average Bonchev–Trinajstić information content (AvgIpc) is 2.40. The summed E-state index contributed by atoms with van der Waals surface area (Å²) in [5, 5.41) is 0. The smallest absolute Gasteiger partial charge is 0.0727 e. The molecule has 2 aliphatic heterocycles. The van der Waals surface area contributed by atoms with Crippen molar-refractivity contribution in [1.29, 1.82) is 0 Å². The van der Waals surface area contributed by atoms with Gasteiger partial charge in [0.1, 0.15) is 0 Å². The average molecular weight is 269 g/mol. The van der Waals surface area contributed by atoms with Crippen molar-refractivity contribution in [3.8, 4) is 0 Å². The quantitative estimate of drug-likeness (QED) is 0.774. The van der Waals surface area contributed by atoms with Crippen LogP contribution >= 0.6 is 12.2 Å². The van der Waals surface area contributed by atoms with Crippen LogP contribution in [0.2, 0.25) is 0 Å². The van der Waals surface area contributed by atoms with E-state index in [1.807, 2.05) is 0 Å². The van der Waals surface area contributed by atoms with E-state index >= 15 is 0 Å². The van der Waals surface area contributed by atoms with E-state index in [0.717, 1.165) is 18.9 Å². The zero-order valence-electron chi connectivity index (χ0n) is 11.4. The highest BCUT2D eigenvalue weighted by Gasteiger charge is 2.25. The maximum Gasteiger partial charge on any atom is 0.0727 e. The summed E-state index contributed by atoms with van der Waals surface area (Å²) >= 11 is 4.92. The summed E-state index contributed by atoms with van der Waals surface area (Å²) in [6.07, 6.45) is 9.00. The molecule has 0 spiro atoms. The maximum atomic E-state index is 5.53. The molecule has 0 radical (unpaired) electrons. The van der Waals surface area contributed by atoms with Crippen LogP contribution < -0.4 is 5.73 Å². The maximum absolute atomic E-state index is 5.53. The lowest BCUT2D eigenvalue weighted by atomic mass is 10.00. The van der Waals surface area contributed by atoms with Crippen LogP contribution in [0.1, 0.15) is 44.9 Å². The monoisotopic (exact) mass is 269 g/mol. The first-order chi connectivity index (χ1) is 8.75. The molecule has 0 saturated carbocycles. The second kappa shape index (κ2) is 7.41. The molecule has 2 saturated heterocycles. The summed E-state index contributed by atoms with van der Waals surface area (Å²) in [5.74, 6) is 0. The molecule has 0 aromatic rings. The number of thiocarbonyl (C=S) groups is 1. The molecule has 3 nitrogen and oxygen atoms in total. The van der Waals surface area contributed by atoms with Gasteiger partial charge in [-0.1, -0.05) is 18.6 Å². The van der Waals surface area contributed by atoms with Gasteiger partial charge in [0.15, 0.2) is 0 Å². The number of hydrogen-bond acceptors (Lipinski definition) is 3. The Hall–Kier alpha value is -0.190. The van der Waals surface area contributed by atoms with Gasteiger partial charge in [-0.05, 0) is 71.2 Å². The normalized spacial score (nSPS) is 24.2. The van der Waals surface area contributed by atoms with E-state index in [2.05, 4.69) is 9.80 Å². The molecular weight excluding hydrogens is 242 g/mol. The van der Waals surface area contributed by atoms with Crippen LogP contribution in [0.15, 0.2) is 0 Å². The first kappa shape index (κ1) is 14.2. The summed E-state index contributed by atoms with van der Waals surface area (Å²) in [4.78, 5) is 5.98. The van der Waals surface area contributed by atoms with Gasteiger partial charge in [0.2, 0.25) is 0 Å². The van der Waals surface area contributed by atoms with Gasteiger partial charge in [-0.3, -0.25) is 0 Å². The van der Waals surface area contributed by atoms with Crippen molar-refractivity contribution in [2.24, 2.45) is 5.73 Å². The lowest BCUT2D eigenvalue weighted by Crippen LogP contribution is -2.46. The first-order valence-electron chi connectivity index (χ1n) is 7.50. The van der Waals surface area contributed by atoms with Gasteiger partial charge in [0, 0.05) is 6.04 Å². The van der Waals surface area contributed by atoms with E-state index in [-0.39, 0.29) is 0 Å². The Bertz CT molecular complexity index is 256. The Balaban J connectivity index is 1.63. The molecule has 104 valence electrons. The van der Waals surface area contributed by atoms with Gasteiger partial charge in [-0.2, -0.15) is 0 Å². The van der Waals surface area contributed by atoms with Crippen LogP contribution in [0.5, 0.6) is 0 Å². The molecule has 4 heteroatoms. The molecular formula is C14H27N3S. The largest absolute Gasteiger partial charge is 0.393 e. The second-order valence-electron chi connectivity index (χ2n) is 5.74. The third kappa shape index (κ3) is 4.48. The standard InChI is InChI=1S/C14H27N3S/c15-14(18)5-4-8-16-11-6-13(7-12-16)17-9-2-1-3-10-17/h13H,1-12H2,(H2,15,18). The molecule has 0 atom stereocenters. The number of likely N-dealkylation sites (tertiary alicyclic amines) is 2. The van der Waals surface area contributed by atoms with Gasteiger partial charge in [0.25, 0.3) is 0 Å². The number of rotatable bonds is 5. The molecule has 2 N–H and O–H groups in total. The molecule has 2 fully saturated rings. The Kier molecular flexibility index (Phi) is 5.86. The summed E-state index contributed by atoms with van der Waals surface area (Å²) in [6, 6.07) is 0.858. The molecule has 0 aromatic carbocycles. The minimum atomic E-state index is 0.665. The van der Waals surface area contributed by atoms with Crippen LogP contribution in [-0.4, -0.2) is 53.6 Å². The Morgan fingerprint density at radius 1 is 1.06 bits per heavy atom. The lowest BCUT2D eigenvalue weighted by molar-refractivity contribution is 0.0924. The number of hydrogen-bond donors (Lipinski definition) is 1. The van der Waals surface area contributed by atoms with E-state index in [1.54, 1.807) is 0 Å². The van der Waals surface area contributed by atoms with Gasteiger partial charge in [-0.15, -0.1) is 0 Å². The van der Waals surface area contributed by atoms with Gasteiger partial charge in [0.05, 0.1) is 4.99 Å². The molecule has 2 rings (SSSR count). The Labute approximate surface area is 117 Å². The fraction of sp³-hybridized carbons (Fsp3) is 0.929. The van der Waals surface area contributed by atoms with E-state index in [9.17, 15) is 0 Å². The summed E-state index contributed by atoms with van der Waals surface area (Å²) < 4.78 is 0. The van der Waals surface area contributed by atoms with Crippen molar-refractivity contribution < 1.29 is 0 Å². The van der Waals surface area contributed by atoms with Crippen molar-refractivity contribution in [2.75, 3.05) is 32.7 Å². The summed E-state index contributed by atoms with van der Waals surface area (Å²) in [6.45, 7) is 6.37. The molecule has 2 aliphatic rings. The zero-order valence-corrected chi connectivity index (χ0v) is 12.3. The first-order valence-corrected chi connectivity index (χ1v) is 7.91. The van der Waals surface area contributed by atoms with Gasteiger partial charge in [-0.25, -0.2) is 0 Å². The zero-order chi connectivity index (χ0) is 12.8. The van der Waals surface area contributed by atoms with Crippen LogP contribution in [0.25, 0.3) is 0 Å². The highest BCUT2D eigenvalue weighted by atomic mass is 32.1. The highest BCUT2D eigenvalue weighted by molar-refractivity contribution is 7.80. The molecule has 0 unspecified atom stereocenters. The summed E-state index contributed by atoms with van der Waals surface area (Å²) in [7, 11) is 0. The van der Waals surface area contributed by atoms with E-state index in [0.29, 0.717) is 4.99 Å². The summed E-state index contributed by atoms with van der Waals surface area (Å²) in [5.41, 5.74) is 5.53. The molecule has 0 aliphatic carbocycles. The number of piperidine rings is 2. The van der Waals surface area contributed by atoms with E-state index in [4.69, 9.17) is 18.0 Å². The minimum absolute atomic E-state index is 0.665. The predicted octanol–water partition coefficient (Wildman–Crippen LogP) is 2.00. The Morgan fingerprint density at radius 2 is 1.72 bits per heavy atom. The van der Waals surface area contributed by atoms with Crippen molar-refractivity contribution in [3.63, 3.8) is 0 Å². The number of nitrogens with two attached hydrogens (primary N) is 1. The molecule has 0 bridgehead atoms. The van der Waals surface area contributed by atoms with Crippen molar-refractivity contribution in [3.05, 3.63) is 0 Å². The fourth-order valence-electron chi connectivity index (χ4n) is 3.27. The van der Waals surface area contributed by atoms with Crippen molar-refractivity contribution >= 4 is 17.2 Å². The number of nitrogens with zero attached hydrogens (tertiary/aromatic N) is 2. The second-order valence-corrected chi connectivity index (χ2v) is 6.26.